The molecule has 254 valence electrons. The average molecular weight is 673 g/mol. The first kappa shape index (κ1) is 32.1. The fraction of sp³-hybridized carbons (Fsp3) is 0.160. The topological polar surface area (TPSA) is 17.0 Å². The van der Waals surface area contributed by atoms with Gasteiger partial charge >= 0.3 is 0 Å². The molecular weight excluding hydrogens is 629 g/mol. The first-order valence-electron chi connectivity index (χ1n) is 18.7. The van der Waals surface area contributed by atoms with Crippen molar-refractivity contribution in [1.29, 1.82) is 0 Å². The van der Waals surface area contributed by atoms with Crippen molar-refractivity contribution >= 4 is 38.8 Å². The number of hydrogen-bond donors (Lipinski definition) is 1. The predicted octanol–water partition coefficient (Wildman–Crippen LogP) is 13.2. The highest BCUT2D eigenvalue weighted by Crippen LogP contribution is 2.43. The van der Waals surface area contributed by atoms with Gasteiger partial charge in [-0.15, -0.1) is 0 Å². The number of nitrogens with one attached hydrogen (secondary N) is 1. The molecule has 0 saturated carbocycles. The van der Waals surface area contributed by atoms with Crippen LogP contribution in [0.3, 0.4) is 0 Å². The largest absolute Gasteiger partial charge is 0.355 e. The van der Waals surface area contributed by atoms with E-state index in [9.17, 15) is 0 Å². The Balaban J connectivity index is 0.962. The van der Waals surface area contributed by atoms with Crippen LogP contribution >= 0.6 is 0 Å². The molecule has 9 rings (SSSR count). The minimum Gasteiger partial charge on any atom is -0.355 e. The molecule has 1 N–H and O–H groups in total. The maximum Gasteiger partial charge on any atom is 0.0538 e. The first-order valence-corrected chi connectivity index (χ1v) is 18.7. The number of aromatic nitrogens is 1. The Morgan fingerprint density at radius 1 is 0.635 bits per heavy atom. The van der Waals surface area contributed by atoms with E-state index >= 15 is 0 Å². The second-order valence-electron chi connectivity index (χ2n) is 15.1. The van der Waals surface area contributed by atoms with Gasteiger partial charge in [-0.1, -0.05) is 153 Å². The summed E-state index contributed by atoms with van der Waals surface area (Å²) in [6.45, 7) is 4.73. The van der Waals surface area contributed by atoms with E-state index in [1.165, 1.54) is 60.9 Å². The Morgan fingerprint density at radius 3 is 2.27 bits per heavy atom. The molecule has 0 spiro atoms. The smallest absolute Gasteiger partial charge is 0.0538 e. The molecule has 1 heterocycles. The fourth-order valence-electron chi connectivity index (χ4n) is 8.44. The lowest BCUT2D eigenvalue weighted by Crippen LogP contribution is -2.22. The molecule has 2 nitrogen and oxygen atoms in total. The molecular formula is C50H44N2. The molecule has 2 atom stereocenters. The van der Waals surface area contributed by atoms with Crippen molar-refractivity contribution in [3.8, 4) is 11.1 Å². The minimum atomic E-state index is -0.106. The van der Waals surface area contributed by atoms with E-state index in [-0.39, 0.29) is 10.8 Å². The minimum absolute atomic E-state index is 0.0955. The third kappa shape index (κ3) is 5.79. The third-order valence-corrected chi connectivity index (χ3v) is 11.5. The average Bonchev–Trinajstić information content (AvgIpc) is 3.54. The molecule has 5 aromatic carbocycles. The maximum atomic E-state index is 3.82. The maximum absolute atomic E-state index is 3.82. The zero-order valence-corrected chi connectivity index (χ0v) is 30.0. The van der Waals surface area contributed by atoms with Gasteiger partial charge < -0.3 is 9.88 Å². The SMILES string of the molecule is CC1(c2ccc3c(c2)c2ccccc2n3C2=CC=CCC2)C=CC(Nc2ccccc2C2=CC=CC(C)(c3cccc(-c4ccccc4)c3)C2)=CC1. The summed E-state index contributed by atoms with van der Waals surface area (Å²) < 4.78 is 2.47. The number of benzene rings is 5. The molecule has 0 fully saturated rings. The van der Waals surface area contributed by atoms with Gasteiger partial charge in [-0.25, -0.2) is 0 Å². The Kier molecular flexibility index (Phi) is 8.04. The van der Waals surface area contributed by atoms with Gasteiger partial charge in [-0.2, -0.15) is 0 Å². The Morgan fingerprint density at radius 2 is 1.42 bits per heavy atom. The van der Waals surface area contributed by atoms with E-state index in [2.05, 4.69) is 200 Å². The normalized spacial score (nSPS) is 21.2. The van der Waals surface area contributed by atoms with Gasteiger partial charge in [-0.05, 0) is 89.9 Å². The summed E-state index contributed by atoms with van der Waals surface area (Å²) in [6.07, 6.45) is 24.7. The lowest BCUT2D eigenvalue weighted by atomic mass is 9.72. The summed E-state index contributed by atoms with van der Waals surface area (Å²) in [4.78, 5) is 0. The number of hydrogen-bond acceptors (Lipinski definition) is 1. The van der Waals surface area contributed by atoms with E-state index in [0.29, 0.717) is 0 Å². The van der Waals surface area contributed by atoms with E-state index in [1.54, 1.807) is 0 Å². The Labute approximate surface area is 307 Å². The van der Waals surface area contributed by atoms with Crippen molar-refractivity contribution in [3.63, 3.8) is 0 Å². The van der Waals surface area contributed by atoms with E-state index < -0.39 is 0 Å². The summed E-state index contributed by atoms with van der Waals surface area (Å²) >= 11 is 0. The monoisotopic (exact) mass is 672 g/mol. The summed E-state index contributed by atoms with van der Waals surface area (Å²) in [5.74, 6) is 0. The van der Waals surface area contributed by atoms with Crippen molar-refractivity contribution in [1.82, 2.24) is 4.57 Å². The van der Waals surface area contributed by atoms with Crippen LogP contribution in [0.2, 0.25) is 0 Å². The van der Waals surface area contributed by atoms with E-state index in [4.69, 9.17) is 0 Å². The molecule has 0 bridgehead atoms. The van der Waals surface area contributed by atoms with Gasteiger partial charge in [0.15, 0.2) is 0 Å². The van der Waals surface area contributed by atoms with Gasteiger partial charge in [0.2, 0.25) is 0 Å². The van der Waals surface area contributed by atoms with Gasteiger partial charge in [0.25, 0.3) is 0 Å². The molecule has 0 aliphatic heterocycles. The van der Waals surface area contributed by atoms with Crippen LogP contribution in [0.1, 0.15) is 56.2 Å². The summed E-state index contributed by atoms with van der Waals surface area (Å²) in [7, 11) is 0. The number of nitrogens with zero attached hydrogens (tertiary/aromatic N) is 1. The highest BCUT2D eigenvalue weighted by Gasteiger charge is 2.30. The van der Waals surface area contributed by atoms with Crippen LogP contribution in [0.5, 0.6) is 0 Å². The molecule has 3 aliphatic rings. The molecule has 52 heavy (non-hydrogen) atoms. The van der Waals surface area contributed by atoms with Gasteiger partial charge in [0.05, 0.1) is 11.0 Å². The second-order valence-corrected chi connectivity index (χ2v) is 15.1. The van der Waals surface area contributed by atoms with Crippen molar-refractivity contribution in [2.45, 2.75) is 50.4 Å². The van der Waals surface area contributed by atoms with Crippen LogP contribution < -0.4 is 5.32 Å². The number of allylic oxidation sites excluding steroid dienone is 11. The second kappa shape index (κ2) is 13.0. The van der Waals surface area contributed by atoms with Crippen molar-refractivity contribution in [3.05, 3.63) is 198 Å². The van der Waals surface area contributed by atoms with Crippen molar-refractivity contribution in [2.75, 3.05) is 5.32 Å². The van der Waals surface area contributed by atoms with Crippen LogP contribution in [-0.2, 0) is 10.8 Å². The summed E-state index contributed by atoms with van der Waals surface area (Å²) in [6, 6.07) is 44.5. The van der Waals surface area contributed by atoms with Gasteiger partial charge in [0.1, 0.15) is 0 Å². The van der Waals surface area contributed by atoms with Crippen LogP contribution in [0.15, 0.2) is 182 Å². The molecule has 0 amide bonds. The van der Waals surface area contributed by atoms with Crippen LogP contribution in [-0.4, -0.2) is 4.57 Å². The lowest BCUT2D eigenvalue weighted by Gasteiger charge is -2.32. The lowest BCUT2D eigenvalue weighted by molar-refractivity contribution is 0.597. The molecule has 2 unspecified atom stereocenters. The number of rotatable bonds is 7. The standard InChI is InChI=1S/C50H44N2/c1-49(40-26-27-48-45(34-40)44-23-10-12-25-47(44)52(48)42-20-7-4-8-21-42)31-28-41(29-32-49)51-46-24-11-9-22-43(46)38-18-14-30-50(2,35-38)39-19-13-17-37(33-39)36-15-5-3-6-16-36/h3-7,9-20,22-31,33-34,51H,8,21,32,35H2,1-2H3. The van der Waals surface area contributed by atoms with Crippen LogP contribution in [0, 0.1) is 0 Å². The summed E-state index contributed by atoms with van der Waals surface area (Å²) in [5.41, 5.74) is 13.8. The molecule has 2 heteroatoms. The number of anilines is 1. The highest BCUT2D eigenvalue weighted by atomic mass is 15.0. The van der Waals surface area contributed by atoms with Crippen molar-refractivity contribution in [2.24, 2.45) is 0 Å². The fourth-order valence-corrected chi connectivity index (χ4v) is 8.44. The zero-order valence-electron chi connectivity index (χ0n) is 30.0. The molecule has 0 saturated heterocycles. The molecule has 0 radical (unpaired) electrons. The molecule has 1 aromatic heterocycles. The van der Waals surface area contributed by atoms with Crippen LogP contribution in [0.25, 0.3) is 44.2 Å². The molecule has 3 aliphatic carbocycles. The Hall–Kier alpha value is -5.86. The molecule has 6 aromatic rings. The zero-order chi connectivity index (χ0) is 35.1. The van der Waals surface area contributed by atoms with E-state index in [0.717, 1.165) is 37.1 Å². The van der Waals surface area contributed by atoms with E-state index in [1.807, 2.05) is 0 Å². The quantitative estimate of drug-likeness (QED) is 0.179. The highest BCUT2D eigenvalue weighted by molar-refractivity contribution is 6.10. The van der Waals surface area contributed by atoms with Crippen LogP contribution in [0.4, 0.5) is 5.69 Å². The first-order chi connectivity index (χ1) is 25.5. The Bertz CT molecular complexity index is 2520. The predicted molar refractivity (Wildman–Crippen MR) is 222 cm³/mol. The van der Waals surface area contributed by atoms with Crippen molar-refractivity contribution < 1.29 is 0 Å². The number of fused-ring (bicyclic) bond motifs is 3. The number of para-hydroxylation sites is 2. The van der Waals surface area contributed by atoms with Gasteiger partial charge in [-0.3, -0.25) is 0 Å². The third-order valence-electron chi connectivity index (χ3n) is 11.5. The summed E-state index contributed by atoms with van der Waals surface area (Å²) in [5, 5.41) is 6.47. The van der Waals surface area contributed by atoms with Gasteiger partial charge in [0, 0.05) is 44.2 Å².